The molecule has 8 heteroatoms. The summed E-state index contributed by atoms with van der Waals surface area (Å²) in [5.74, 6) is 0. The Morgan fingerprint density at radius 2 is 1.88 bits per heavy atom. The first-order valence-corrected chi connectivity index (χ1v) is 6.87. The van der Waals surface area contributed by atoms with Gasteiger partial charge in [0, 0.05) is 11.4 Å². The zero-order chi connectivity index (χ0) is 12.2. The van der Waals surface area contributed by atoms with Crippen LogP contribution in [0.25, 0.3) is 0 Å². The maximum atomic E-state index is 11.4. The van der Waals surface area contributed by atoms with Crippen molar-refractivity contribution >= 4 is 27.9 Å². The molecular formula is C8H15ClN2O4S. The Bertz CT molecular complexity index is 338. The van der Waals surface area contributed by atoms with Crippen LogP contribution in [0.1, 0.15) is 25.7 Å². The van der Waals surface area contributed by atoms with Gasteiger partial charge in [-0.1, -0.05) is 0 Å². The third kappa shape index (κ3) is 4.54. The van der Waals surface area contributed by atoms with E-state index in [1.807, 2.05) is 0 Å². The molecule has 0 aliphatic heterocycles. The normalized spacial score (nSPS) is 26.1. The minimum atomic E-state index is -3.83. The van der Waals surface area contributed by atoms with Gasteiger partial charge >= 0.3 is 16.3 Å². The molecule has 1 aliphatic rings. The first-order chi connectivity index (χ1) is 7.43. The van der Waals surface area contributed by atoms with E-state index in [4.69, 9.17) is 11.6 Å². The first-order valence-electron chi connectivity index (χ1n) is 4.95. The van der Waals surface area contributed by atoms with Crippen molar-refractivity contribution < 1.29 is 17.9 Å². The summed E-state index contributed by atoms with van der Waals surface area (Å²) in [4.78, 5) is 10.7. The number of carbonyl (C=O) groups excluding carboxylic acids is 1. The van der Waals surface area contributed by atoms with E-state index in [0.29, 0.717) is 12.8 Å². The molecular weight excluding hydrogens is 256 g/mol. The van der Waals surface area contributed by atoms with Crippen molar-refractivity contribution in [1.29, 1.82) is 0 Å². The molecule has 0 saturated heterocycles. The summed E-state index contributed by atoms with van der Waals surface area (Å²) in [7, 11) is -2.73. The molecule has 0 aromatic carbocycles. The van der Waals surface area contributed by atoms with Crippen LogP contribution in [-0.4, -0.2) is 33.0 Å². The molecule has 0 unspecified atom stereocenters. The lowest BCUT2D eigenvalue weighted by Crippen LogP contribution is -2.46. The van der Waals surface area contributed by atoms with Crippen molar-refractivity contribution in [1.82, 2.24) is 9.44 Å². The van der Waals surface area contributed by atoms with E-state index in [2.05, 4.69) is 9.46 Å². The van der Waals surface area contributed by atoms with Crippen molar-refractivity contribution in [2.75, 3.05) is 7.11 Å². The van der Waals surface area contributed by atoms with E-state index in [1.54, 1.807) is 4.72 Å². The van der Waals surface area contributed by atoms with Crippen LogP contribution >= 0.6 is 11.6 Å². The van der Waals surface area contributed by atoms with Crippen LogP contribution in [0.15, 0.2) is 0 Å². The highest BCUT2D eigenvalue weighted by Crippen LogP contribution is 2.22. The fourth-order valence-corrected chi connectivity index (χ4v) is 2.86. The minimum absolute atomic E-state index is 0.120. The van der Waals surface area contributed by atoms with Gasteiger partial charge in [0.05, 0.1) is 7.11 Å². The predicted octanol–water partition coefficient (Wildman–Crippen LogP) is 0.727. The number of ether oxygens (including phenoxy) is 1. The minimum Gasteiger partial charge on any atom is -0.452 e. The maximum Gasteiger partial charge on any atom is 0.421 e. The molecule has 6 nitrogen and oxygen atoms in total. The van der Waals surface area contributed by atoms with E-state index in [0.717, 1.165) is 20.0 Å². The Morgan fingerprint density at radius 3 is 2.38 bits per heavy atom. The van der Waals surface area contributed by atoms with Crippen LogP contribution in [0.2, 0.25) is 0 Å². The summed E-state index contributed by atoms with van der Waals surface area (Å²) >= 11 is 5.89. The van der Waals surface area contributed by atoms with Gasteiger partial charge in [0.25, 0.3) is 0 Å². The number of methoxy groups -OCH3 is 1. The Kier molecular flexibility index (Phi) is 4.82. The molecule has 1 fully saturated rings. The predicted molar refractivity (Wildman–Crippen MR) is 59.5 cm³/mol. The molecule has 0 aromatic rings. The topological polar surface area (TPSA) is 84.5 Å². The molecule has 2 N–H and O–H groups in total. The van der Waals surface area contributed by atoms with Gasteiger partial charge < -0.3 is 4.74 Å². The van der Waals surface area contributed by atoms with E-state index >= 15 is 0 Å². The Labute approximate surface area is 99.9 Å². The van der Waals surface area contributed by atoms with Crippen molar-refractivity contribution in [3.63, 3.8) is 0 Å². The number of carbonyl (C=O) groups is 1. The van der Waals surface area contributed by atoms with Crippen molar-refractivity contribution in [3.8, 4) is 0 Å². The Morgan fingerprint density at radius 1 is 1.31 bits per heavy atom. The molecule has 0 atom stereocenters. The van der Waals surface area contributed by atoms with Crippen molar-refractivity contribution in [2.45, 2.75) is 37.1 Å². The lowest BCUT2D eigenvalue weighted by Gasteiger charge is -2.25. The average Bonchev–Trinajstić information content (AvgIpc) is 2.20. The van der Waals surface area contributed by atoms with E-state index in [9.17, 15) is 13.2 Å². The SMILES string of the molecule is COC(=O)NS(=O)(=O)NC1CCC(Cl)CC1. The third-order valence-electron chi connectivity index (χ3n) is 2.38. The lowest BCUT2D eigenvalue weighted by atomic mass is 9.96. The maximum absolute atomic E-state index is 11.4. The Balaban J connectivity index is 2.44. The highest BCUT2D eigenvalue weighted by atomic mass is 35.5. The standard InChI is InChI=1S/C8H15ClN2O4S/c1-15-8(12)11-16(13,14)10-7-4-2-6(9)3-5-7/h6-7,10H,2-5H2,1H3,(H,11,12). The molecule has 0 bridgehead atoms. The van der Waals surface area contributed by atoms with Gasteiger partial charge in [0.15, 0.2) is 0 Å². The van der Waals surface area contributed by atoms with Gasteiger partial charge in [-0.05, 0) is 25.7 Å². The van der Waals surface area contributed by atoms with Crippen LogP contribution in [0.4, 0.5) is 4.79 Å². The molecule has 1 aliphatic carbocycles. The second-order valence-corrected chi connectivity index (χ2v) is 5.73. The molecule has 0 heterocycles. The summed E-state index contributed by atoms with van der Waals surface area (Å²) in [6.45, 7) is 0. The monoisotopic (exact) mass is 270 g/mol. The molecule has 94 valence electrons. The van der Waals surface area contributed by atoms with Crippen LogP contribution in [0.3, 0.4) is 0 Å². The fraction of sp³-hybridized carbons (Fsp3) is 0.875. The van der Waals surface area contributed by atoms with E-state index in [-0.39, 0.29) is 11.4 Å². The quantitative estimate of drug-likeness (QED) is 0.741. The number of hydrogen-bond donors (Lipinski definition) is 2. The first kappa shape index (κ1) is 13.5. The number of amides is 1. The zero-order valence-corrected chi connectivity index (χ0v) is 10.5. The van der Waals surface area contributed by atoms with Gasteiger partial charge in [-0.3, -0.25) is 0 Å². The van der Waals surface area contributed by atoms with E-state index < -0.39 is 16.3 Å². The van der Waals surface area contributed by atoms with Gasteiger partial charge in [-0.15, -0.1) is 11.6 Å². The van der Waals surface area contributed by atoms with Crippen LogP contribution in [0, 0.1) is 0 Å². The van der Waals surface area contributed by atoms with Crippen molar-refractivity contribution in [2.24, 2.45) is 0 Å². The number of alkyl halides is 1. The van der Waals surface area contributed by atoms with Crippen LogP contribution in [-0.2, 0) is 14.9 Å². The summed E-state index contributed by atoms with van der Waals surface area (Å²) in [6, 6.07) is -0.169. The lowest BCUT2D eigenvalue weighted by molar-refractivity contribution is 0.177. The number of hydrogen-bond acceptors (Lipinski definition) is 4. The summed E-state index contributed by atoms with van der Waals surface area (Å²) < 4.78 is 31.1. The van der Waals surface area contributed by atoms with Crippen molar-refractivity contribution in [3.05, 3.63) is 0 Å². The van der Waals surface area contributed by atoms with Gasteiger partial charge in [0.2, 0.25) is 0 Å². The summed E-state index contributed by atoms with van der Waals surface area (Å²) in [5, 5.41) is 0.120. The highest BCUT2D eigenvalue weighted by Gasteiger charge is 2.24. The second-order valence-electron chi connectivity index (χ2n) is 3.66. The second kappa shape index (κ2) is 5.70. The third-order valence-corrected chi connectivity index (χ3v) is 3.90. The smallest absolute Gasteiger partial charge is 0.421 e. The summed E-state index contributed by atoms with van der Waals surface area (Å²) in [6.07, 6.45) is 1.89. The van der Waals surface area contributed by atoms with Crippen LogP contribution in [0.5, 0.6) is 0 Å². The van der Waals surface area contributed by atoms with Gasteiger partial charge in [-0.25, -0.2) is 9.52 Å². The molecule has 16 heavy (non-hydrogen) atoms. The van der Waals surface area contributed by atoms with Crippen LogP contribution < -0.4 is 9.44 Å². The average molecular weight is 271 g/mol. The summed E-state index contributed by atoms with van der Waals surface area (Å²) in [5.41, 5.74) is 0. The fourth-order valence-electron chi connectivity index (χ4n) is 1.57. The molecule has 1 saturated carbocycles. The number of nitrogens with one attached hydrogen (secondary N) is 2. The van der Waals surface area contributed by atoms with Gasteiger partial charge in [-0.2, -0.15) is 13.1 Å². The van der Waals surface area contributed by atoms with Gasteiger partial charge in [0.1, 0.15) is 0 Å². The van der Waals surface area contributed by atoms with E-state index in [1.165, 1.54) is 0 Å². The molecule has 0 radical (unpaired) electrons. The number of rotatable bonds is 3. The zero-order valence-electron chi connectivity index (χ0n) is 8.90. The largest absolute Gasteiger partial charge is 0.452 e. The molecule has 1 rings (SSSR count). The number of halogens is 1. The Hall–Kier alpha value is -0.530. The molecule has 1 amide bonds. The molecule has 0 aromatic heterocycles. The highest BCUT2D eigenvalue weighted by molar-refractivity contribution is 7.88. The molecule has 0 spiro atoms.